The van der Waals surface area contributed by atoms with Gasteiger partial charge in [-0.15, -0.1) is 0 Å². The van der Waals surface area contributed by atoms with Gasteiger partial charge in [0.05, 0.1) is 6.10 Å². The van der Waals surface area contributed by atoms with Crippen LogP contribution in [0.15, 0.2) is 30.3 Å². The topological polar surface area (TPSA) is 23.5 Å². The van der Waals surface area contributed by atoms with Crippen molar-refractivity contribution in [1.82, 2.24) is 4.90 Å². The van der Waals surface area contributed by atoms with E-state index in [-0.39, 0.29) is 12.1 Å². The van der Waals surface area contributed by atoms with Crippen molar-refractivity contribution >= 4 is 0 Å². The summed E-state index contributed by atoms with van der Waals surface area (Å²) in [5.41, 5.74) is 1.34. The molecule has 18 heavy (non-hydrogen) atoms. The third-order valence-electron chi connectivity index (χ3n) is 3.60. The number of aliphatic hydroxyl groups excluding tert-OH is 1. The van der Waals surface area contributed by atoms with Gasteiger partial charge in [0.25, 0.3) is 0 Å². The maximum Gasteiger partial charge on any atom is 0.0945 e. The van der Waals surface area contributed by atoms with E-state index in [1.54, 1.807) is 0 Å². The molecular weight excluding hydrogens is 222 g/mol. The van der Waals surface area contributed by atoms with Crippen LogP contribution in [0.25, 0.3) is 0 Å². The highest BCUT2D eigenvalue weighted by Gasteiger charge is 2.33. The maximum absolute atomic E-state index is 10.5. The van der Waals surface area contributed by atoms with E-state index in [2.05, 4.69) is 25.7 Å². The summed E-state index contributed by atoms with van der Waals surface area (Å²) in [5, 5.41) is 10.5. The molecule has 1 N–H and O–H groups in total. The summed E-state index contributed by atoms with van der Waals surface area (Å²) < 4.78 is 0. The van der Waals surface area contributed by atoms with Gasteiger partial charge in [-0.2, -0.15) is 0 Å². The van der Waals surface area contributed by atoms with Gasteiger partial charge in [-0.25, -0.2) is 0 Å². The Hall–Kier alpha value is -0.860. The van der Waals surface area contributed by atoms with Gasteiger partial charge in [-0.3, -0.25) is 4.90 Å². The molecule has 0 unspecified atom stereocenters. The number of nitrogens with zero attached hydrogens (tertiary/aromatic N) is 1. The average molecular weight is 247 g/mol. The third kappa shape index (κ3) is 3.33. The largest absolute Gasteiger partial charge is 0.387 e. The van der Waals surface area contributed by atoms with Crippen molar-refractivity contribution in [3.63, 3.8) is 0 Å². The van der Waals surface area contributed by atoms with E-state index in [4.69, 9.17) is 0 Å². The summed E-state index contributed by atoms with van der Waals surface area (Å²) in [6.07, 6.45) is 1.95. The van der Waals surface area contributed by atoms with Crippen LogP contribution in [0.1, 0.15) is 45.3 Å². The minimum absolute atomic E-state index is 0.284. The molecule has 1 fully saturated rings. The van der Waals surface area contributed by atoms with Gasteiger partial charge in [-0.1, -0.05) is 51.1 Å². The Morgan fingerprint density at radius 1 is 1.28 bits per heavy atom. The molecule has 1 aromatic rings. The molecule has 2 nitrogen and oxygen atoms in total. The van der Waals surface area contributed by atoms with Crippen LogP contribution in [0.4, 0.5) is 0 Å². The quantitative estimate of drug-likeness (QED) is 0.886. The molecule has 0 aliphatic carbocycles. The normalized spacial score (nSPS) is 23.2. The number of hydrogen-bond donors (Lipinski definition) is 1. The fraction of sp³-hybridized carbons (Fsp3) is 0.625. The van der Waals surface area contributed by atoms with Crippen LogP contribution in [0, 0.1) is 5.41 Å². The standard InChI is InChI=1S/C16H25NO/c1-16(2,3)12-17-11-7-10-14(17)15(18)13-8-5-4-6-9-13/h4-6,8-9,14-15,18H,7,10-12H2,1-3H3/t14-,15+/m0/s1. The van der Waals surface area contributed by atoms with Crippen molar-refractivity contribution in [2.24, 2.45) is 5.41 Å². The Morgan fingerprint density at radius 3 is 2.56 bits per heavy atom. The zero-order valence-corrected chi connectivity index (χ0v) is 11.8. The highest BCUT2D eigenvalue weighted by molar-refractivity contribution is 5.19. The first-order valence-electron chi connectivity index (χ1n) is 6.94. The van der Waals surface area contributed by atoms with Crippen molar-refractivity contribution in [2.75, 3.05) is 13.1 Å². The zero-order chi connectivity index (χ0) is 13.2. The van der Waals surface area contributed by atoms with Crippen LogP contribution in [-0.2, 0) is 0 Å². The van der Waals surface area contributed by atoms with Gasteiger partial charge in [0.1, 0.15) is 0 Å². The molecular formula is C16H25NO. The Labute approximate surface area is 111 Å². The maximum atomic E-state index is 10.5. The molecule has 0 saturated carbocycles. The Bertz CT molecular complexity index is 368. The van der Waals surface area contributed by atoms with Crippen LogP contribution in [0.2, 0.25) is 0 Å². The lowest BCUT2D eigenvalue weighted by Crippen LogP contribution is -2.39. The summed E-state index contributed by atoms with van der Waals surface area (Å²) in [6, 6.07) is 10.3. The van der Waals surface area contributed by atoms with Crippen molar-refractivity contribution < 1.29 is 5.11 Å². The first-order chi connectivity index (χ1) is 8.47. The summed E-state index contributed by atoms with van der Waals surface area (Å²) >= 11 is 0. The predicted molar refractivity (Wildman–Crippen MR) is 75.5 cm³/mol. The molecule has 1 aliphatic rings. The Kier molecular flexibility index (Phi) is 4.08. The number of likely N-dealkylation sites (tertiary alicyclic amines) is 1. The van der Waals surface area contributed by atoms with Crippen molar-refractivity contribution in [1.29, 1.82) is 0 Å². The molecule has 2 rings (SSSR count). The lowest BCUT2D eigenvalue weighted by Gasteiger charge is -2.33. The van der Waals surface area contributed by atoms with Gasteiger partial charge < -0.3 is 5.11 Å². The smallest absolute Gasteiger partial charge is 0.0945 e. The van der Waals surface area contributed by atoms with Crippen LogP contribution in [0.5, 0.6) is 0 Å². The lowest BCUT2D eigenvalue weighted by molar-refractivity contribution is 0.0556. The Morgan fingerprint density at radius 2 is 1.94 bits per heavy atom. The number of aliphatic hydroxyl groups is 1. The molecule has 0 aromatic heterocycles. The van der Waals surface area contributed by atoms with Gasteiger partial charge in [0.15, 0.2) is 0 Å². The fourth-order valence-electron chi connectivity index (χ4n) is 2.89. The van der Waals surface area contributed by atoms with Crippen LogP contribution in [-0.4, -0.2) is 29.1 Å². The van der Waals surface area contributed by atoms with Crippen LogP contribution < -0.4 is 0 Å². The van der Waals surface area contributed by atoms with Gasteiger partial charge in [-0.05, 0) is 30.4 Å². The number of hydrogen-bond acceptors (Lipinski definition) is 2. The predicted octanol–water partition coefficient (Wildman–Crippen LogP) is 3.23. The van der Waals surface area contributed by atoms with E-state index < -0.39 is 0 Å². The SMILES string of the molecule is CC(C)(C)CN1CCC[C@H]1[C@H](O)c1ccccc1. The van der Waals surface area contributed by atoms with Gasteiger partial charge >= 0.3 is 0 Å². The monoisotopic (exact) mass is 247 g/mol. The van der Waals surface area contributed by atoms with E-state index in [0.717, 1.165) is 25.1 Å². The van der Waals surface area contributed by atoms with E-state index in [9.17, 15) is 5.11 Å². The molecule has 1 heterocycles. The molecule has 2 heteroatoms. The zero-order valence-electron chi connectivity index (χ0n) is 11.8. The first-order valence-corrected chi connectivity index (χ1v) is 6.94. The average Bonchev–Trinajstić information content (AvgIpc) is 2.75. The third-order valence-corrected chi connectivity index (χ3v) is 3.60. The van der Waals surface area contributed by atoms with Crippen LogP contribution in [0.3, 0.4) is 0 Å². The first kappa shape index (κ1) is 13.6. The minimum Gasteiger partial charge on any atom is -0.387 e. The molecule has 0 amide bonds. The molecule has 1 aliphatic heterocycles. The van der Waals surface area contributed by atoms with Crippen LogP contribution >= 0.6 is 0 Å². The highest BCUT2D eigenvalue weighted by Crippen LogP contribution is 2.31. The van der Waals surface area contributed by atoms with E-state index in [0.29, 0.717) is 5.41 Å². The second-order valence-corrected chi connectivity index (χ2v) is 6.60. The molecule has 0 radical (unpaired) electrons. The van der Waals surface area contributed by atoms with Crippen molar-refractivity contribution in [3.05, 3.63) is 35.9 Å². The summed E-state index contributed by atoms with van der Waals surface area (Å²) in [6.45, 7) is 8.96. The highest BCUT2D eigenvalue weighted by atomic mass is 16.3. The minimum atomic E-state index is -0.351. The lowest BCUT2D eigenvalue weighted by atomic mass is 9.94. The van der Waals surface area contributed by atoms with E-state index >= 15 is 0 Å². The summed E-state index contributed by atoms with van der Waals surface area (Å²) in [7, 11) is 0. The molecule has 1 saturated heterocycles. The Balaban J connectivity index is 2.07. The molecule has 0 spiro atoms. The van der Waals surface area contributed by atoms with Gasteiger partial charge in [0, 0.05) is 12.6 Å². The second-order valence-electron chi connectivity index (χ2n) is 6.60. The van der Waals surface area contributed by atoms with E-state index in [1.807, 2.05) is 30.3 Å². The number of rotatable bonds is 3. The summed E-state index contributed by atoms with van der Waals surface area (Å²) in [4.78, 5) is 2.46. The van der Waals surface area contributed by atoms with Gasteiger partial charge in [0.2, 0.25) is 0 Å². The molecule has 0 bridgehead atoms. The fourth-order valence-corrected chi connectivity index (χ4v) is 2.89. The summed E-state index contributed by atoms with van der Waals surface area (Å²) in [5.74, 6) is 0. The second kappa shape index (κ2) is 5.41. The molecule has 2 atom stereocenters. The molecule has 100 valence electrons. The van der Waals surface area contributed by atoms with Crippen molar-refractivity contribution in [2.45, 2.75) is 45.8 Å². The van der Waals surface area contributed by atoms with E-state index in [1.165, 1.54) is 6.42 Å². The van der Waals surface area contributed by atoms with Crippen molar-refractivity contribution in [3.8, 4) is 0 Å². The molecule has 1 aromatic carbocycles. The number of benzene rings is 1.